The third-order valence-electron chi connectivity index (χ3n) is 16.9. The molecule has 0 radical (unpaired) electrons. The van der Waals surface area contributed by atoms with Crippen molar-refractivity contribution < 1.29 is 10.6 Å². The molecule has 2 saturated carbocycles. The van der Waals surface area contributed by atoms with Gasteiger partial charge in [0.1, 0.15) is 11.6 Å². The summed E-state index contributed by atoms with van der Waals surface area (Å²) in [6.45, 7) is 0. The summed E-state index contributed by atoms with van der Waals surface area (Å²) in [4.78, 5) is 10.8. The van der Waals surface area contributed by atoms with Gasteiger partial charge in [0.25, 0.3) is 0 Å². The summed E-state index contributed by atoms with van der Waals surface area (Å²) < 4.78 is 40.4. The van der Waals surface area contributed by atoms with Crippen molar-refractivity contribution in [2.24, 2.45) is 5.92 Å². The number of nitrogens with zero attached hydrogens (tertiary/aromatic N) is 3. The van der Waals surface area contributed by atoms with Gasteiger partial charge in [-0.3, -0.25) is 9.55 Å². The number of phenolic OH excluding ortho intramolecular Hbond substituents is 1. The standard InChI is InChI=1S/C78H65N3O/c82-77-71(63-29-14-5-15-30-63)50-66(57-25-10-3-11-26-57)51-72(77)78-80-76-69(31-18-32-75(76)81(78)74-42-33-54(45-53-19-16-17-20-53)46-70(74)62-27-12-4-13-28-62)67-47-65(56-23-8-2-9-24-56)48-68(49-67)73-52-64(43-44-79-73)61-40-38-60(39-41-61)59-36-34-58(35-37-59)55-21-6-1-7-22-55/h1-15,18,21-33,38-44,46-53,58-59,82H,16-17,19-20,34-37,45H2/i45D2,58D,59D. The van der Waals surface area contributed by atoms with Gasteiger partial charge in [0.2, 0.25) is 0 Å². The second kappa shape index (κ2) is 22.6. The number of pyridine rings is 1. The molecule has 398 valence electrons. The lowest BCUT2D eigenvalue weighted by atomic mass is 9.76. The first-order valence-corrected chi connectivity index (χ1v) is 29.0. The van der Waals surface area contributed by atoms with Crippen molar-refractivity contribution in [2.45, 2.75) is 69.5 Å². The van der Waals surface area contributed by atoms with E-state index < -0.39 is 18.2 Å². The lowest BCUT2D eigenvalue weighted by Gasteiger charge is -2.29. The van der Waals surface area contributed by atoms with Crippen molar-refractivity contribution in [1.82, 2.24) is 14.5 Å². The molecule has 2 aliphatic rings. The normalized spacial score (nSPS) is 18.1. The summed E-state index contributed by atoms with van der Waals surface area (Å²) in [5.74, 6) is -0.857. The Morgan fingerprint density at radius 3 is 1.60 bits per heavy atom. The van der Waals surface area contributed by atoms with Crippen LogP contribution >= 0.6 is 0 Å². The number of para-hydroxylation sites is 1. The molecule has 0 aliphatic heterocycles. The number of benzene rings is 10. The van der Waals surface area contributed by atoms with Gasteiger partial charge in [0.05, 0.1) is 28.0 Å². The fraction of sp³-hybridized carbons (Fsp3) is 0.154. The molecule has 2 heterocycles. The highest BCUT2D eigenvalue weighted by Crippen LogP contribution is 2.47. The predicted octanol–water partition coefficient (Wildman–Crippen LogP) is 20.6. The predicted molar refractivity (Wildman–Crippen MR) is 340 cm³/mol. The van der Waals surface area contributed by atoms with E-state index in [2.05, 4.69) is 156 Å². The van der Waals surface area contributed by atoms with Gasteiger partial charge >= 0.3 is 0 Å². The fourth-order valence-electron chi connectivity index (χ4n) is 12.7. The van der Waals surface area contributed by atoms with E-state index in [1.165, 1.54) is 0 Å². The minimum absolute atomic E-state index is 0.0736. The molecule has 12 aromatic rings. The van der Waals surface area contributed by atoms with Gasteiger partial charge in [0, 0.05) is 33.9 Å². The lowest BCUT2D eigenvalue weighted by molar-refractivity contribution is 0.396. The van der Waals surface area contributed by atoms with Crippen molar-refractivity contribution in [3.63, 3.8) is 0 Å². The summed E-state index contributed by atoms with van der Waals surface area (Å²) in [5, 5.41) is 13.0. The van der Waals surface area contributed by atoms with Crippen LogP contribution < -0.4 is 0 Å². The van der Waals surface area contributed by atoms with E-state index in [9.17, 15) is 10.6 Å². The van der Waals surface area contributed by atoms with E-state index in [0.29, 0.717) is 48.2 Å². The zero-order chi connectivity index (χ0) is 58.4. The molecule has 82 heavy (non-hydrogen) atoms. The third kappa shape index (κ3) is 10.3. The minimum atomic E-state index is -1.54. The smallest absolute Gasteiger partial charge is 0.149 e. The number of rotatable bonds is 13. The molecule has 0 atom stereocenters. The number of aromatic hydroxyl groups is 1. The van der Waals surface area contributed by atoms with Crippen molar-refractivity contribution in [3.8, 4) is 101 Å². The Kier molecular flexibility index (Phi) is 12.8. The van der Waals surface area contributed by atoms with Crippen LogP contribution in [0.1, 0.15) is 85.3 Å². The van der Waals surface area contributed by atoms with Crippen LogP contribution in [0.3, 0.4) is 0 Å². The molecule has 2 aliphatic carbocycles. The Bertz CT molecular complexity index is 4400. The van der Waals surface area contributed by atoms with Gasteiger partial charge in [-0.1, -0.05) is 220 Å². The molecule has 10 aromatic carbocycles. The Balaban J connectivity index is 0.933. The number of imidazole rings is 1. The molecule has 2 aromatic heterocycles. The van der Waals surface area contributed by atoms with Crippen LogP contribution in [-0.4, -0.2) is 19.6 Å². The molecule has 14 rings (SSSR count). The van der Waals surface area contributed by atoms with Crippen molar-refractivity contribution in [2.75, 3.05) is 0 Å². The Hall–Kier alpha value is -9.38. The molecular formula is C78H65N3O. The monoisotopic (exact) mass is 1060 g/mol. The highest BCUT2D eigenvalue weighted by Gasteiger charge is 2.27. The van der Waals surface area contributed by atoms with Crippen LogP contribution in [-0.2, 0) is 6.37 Å². The SMILES string of the molecule is [2H]C1(c2ccccc2)CCC([2H])(c2ccc(-c3ccnc(-c4cc(-c5ccccc5)cc(-c5cccc6c5nc(-c5cc(-c7ccccc7)cc(-c7ccccc7)c5O)n6-c5ccc(C([2H])([2H])C6CCCC6)cc5-c5ccccc5)c4)c3)cc2)CC1. The molecule has 0 amide bonds. The molecule has 2 fully saturated rings. The van der Waals surface area contributed by atoms with E-state index >= 15 is 0 Å². The Morgan fingerprint density at radius 1 is 0.415 bits per heavy atom. The van der Waals surface area contributed by atoms with E-state index in [1.54, 1.807) is 0 Å². The molecule has 4 heteroatoms. The van der Waals surface area contributed by atoms with Crippen molar-refractivity contribution in [3.05, 3.63) is 278 Å². The summed E-state index contributed by atoms with van der Waals surface area (Å²) in [6, 6.07) is 86.9. The van der Waals surface area contributed by atoms with Gasteiger partial charge in [-0.2, -0.15) is 0 Å². The van der Waals surface area contributed by atoms with E-state index in [-0.39, 0.29) is 11.7 Å². The van der Waals surface area contributed by atoms with Crippen molar-refractivity contribution in [1.29, 1.82) is 0 Å². The maximum Gasteiger partial charge on any atom is 0.149 e. The average Bonchev–Trinajstić information content (AvgIpc) is 1.65. The number of hydrogen-bond acceptors (Lipinski definition) is 3. The number of hydrogen-bond donors (Lipinski definition) is 1. The zero-order valence-corrected chi connectivity index (χ0v) is 45.8. The second-order valence-corrected chi connectivity index (χ2v) is 22.1. The minimum Gasteiger partial charge on any atom is -0.507 e. The highest BCUT2D eigenvalue weighted by atomic mass is 16.3. The van der Waals surface area contributed by atoms with Gasteiger partial charge in [-0.25, -0.2) is 4.98 Å². The third-order valence-corrected chi connectivity index (χ3v) is 16.9. The number of fused-ring (bicyclic) bond motifs is 1. The van der Waals surface area contributed by atoms with Crippen LogP contribution in [0.25, 0.3) is 106 Å². The summed E-state index contributed by atoms with van der Waals surface area (Å²) in [6.07, 6.45) is 6.65. The molecular weight excluding hydrogens is 995 g/mol. The molecule has 0 unspecified atom stereocenters. The van der Waals surface area contributed by atoms with E-state index in [0.717, 1.165) is 126 Å². The second-order valence-electron chi connectivity index (χ2n) is 22.1. The van der Waals surface area contributed by atoms with Crippen LogP contribution in [0.15, 0.2) is 261 Å². The first-order chi connectivity index (χ1) is 42.0. The quantitative estimate of drug-likeness (QED) is 0.125. The van der Waals surface area contributed by atoms with Crippen molar-refractivity contribution >= 4 is 11.0 Å². The van der Waals surface area contributed by atoms with Gasteiger partial charge in [-0.05, 0) is 177 Å². The maximum atomic E-state index is 13.0. The molecule has 4 nitrogen and oxygen atoms in total. The topological polar surface area (TPSA) is 50.9 Å². The Morgan fingerprint density at radius 2 is 0.951 bits per heavy atom. The van der Waals surface area contributed by atoms with Gasteiger partial charge in [0.15, 0.2) is 0 Å². The average molecular weight is 1060 g/mol. The number of aromatic nitrogens is 3. The van der Waals surface area contributed by atoms with Crippen LogP contribution in [0.4, 0.5) is 0 Å². The lowest BCUT2D eigenvalue weighted by Crippen LogP contribution is -2.12. The summed E-state index contributed by atoms with van der Waals surface area (Å²) in [5.41, 5.74) is 18.6. The molecule has 1 N–H and O–H groups in total. The Labute approximate surface area is 487 Å². The first kappa shape index (κ1) is 46.4. The first-order valence-electron chi connectivity index (χ1n) is 31.0. The van der Waals surface area contributed by atoms with Crippen LogP contribution in [0.5, 0.6) is 5.75 Å². The van der Waals surface area contributed by atoms with E-state index in [4.69, 9.17) is 9.97 Å². The van der Waals surface area contributed by atoms with E-state index in [1.807, 2.05) is 109 Å². The molecule has 0 bridgehead atoms. The zero-order valence-electron chi connectivity index (χ0n) is 49.8. The molecule has 0 spiro atoms. The largest absolute Gasteiger partial charge is 0.507 e. The summed E-state index contributed by atoms with van der Waals surface area (Å²) >= 11 is 0. The van der Waals surface area contributed by atoms with Gasteiger partial charge < -0.3 is 5.11 Å². The molecule has 0 saturated heterocycles. The maximum absolute atomic E-state index is 13.0. The highest BCUT2D eigenvalue weighted by molar-refractivity contribution is 5.99. The summed E-state index contributed by atoms with van der Waals surface area (Å²) in [7, 11) is 0. The fourth-order valence-corrected chi connectivity index (χ4v) is 12.7. The number of phenols is 1. The van der Waals surface area contributed by atoms with Crippen LogP contribution in [0, 0.1) is 5.92 Å². The van der Waals surface area contributed by atoms with Crippen LogP contribution in [0.2, 0.25) is 0 Å². The van der Waals surface area contributed by atoms with Gasteiger partial charge in [-0.15, -0.1) is 0 Å².